The molecule has 0 fully saturated rings. The van der Waals surface area contributed by atoms with Crippen molar-refractivity contribution in [3.05, 3.63) is 23.8 Å². The molecule has 0 spiro atoms. The van der Waals surface area contributed by atoms with Crippen molar-refractivity contribution < 1.29 is 9.47 Å². The molecule has 2 nitrogen and oxygen atoms in total. The highest BCUT2D eigenvalue weighted by Crippen LogP contribution is 2.40. The fraction of sp³-hybridized carbons (Fsp3) is 0.684. The first-order chi connectivity index (χ1) is 9.99. The number of benzene rings is 1. The van der Waals surface area contributed by atoms with Crippen molar-refractivity contribution in [2.45, 2.75) is 65.2 Å². The van der Waals surface area contributed by atoms with Gasteiger partial charge in [-0.05, 0) is 35.4 Å². The SMILES string of the molecule is CCCCCC(CC)C(C)(C)c1cc(OC)cc(OC)c1. The van der Waals surface area contributed by atoms with Gasteiger partial charge < -0.3 is 9.47 Å². The van der Waals surface area contributed by atoms with E-state index < -0.39 is 0 Å². The zero-order valence-electron chi connectivity index (χ0n) is 14.7. The largest absolute Gasteiger partial charge is 0.497 e. The van der Waals surface area contributed by atoms with Crippen LogP contribution in [0.5, 0.6) is 11.5 Å². The van der Waals surface area contributed by atoms with E-state index in [-0.39, 0.29) is 5.41 Å². The molecular weight excluding hydrogens is 260 g/mol. The van der Waals surface area contributed by atoms with Gasteiger partial charge in [-0.1, -0.05) is 53.4 Å². The van der Waals surface area contributed by atoms with Crippen LogP contribution in [0.15, 0.2) is 18.2 Å². The molecule has 0 aliphatic rings. The van der Waals surface area contributed by atoms with Crippen LogP contribution < -0.4 is 9.47 Å². The van der Waals surface area contributed by atoms with Crippen LogP contribution in [0.2, 0.25) is 0 Å². The Labute approximate surface area is 130 Å². The zero-order valence-corrected chi connectivity index (χ0v) is 14.7. The van der Waals surface area contributed by atoms with Gasteiger partial charge in [-0.2, -0.15) is 0 Å². The molecule has 1 atom stereocenters. The summed E-state index contributed by atoms with van der Waals surface area (Å²) in [5.74, 6) is 2.43. The van der Waals surface area contributed by atoms with E-state index in [4.69, 9.17) is 9.47 Å². The normalized spacial score (nSPS) is 13.0. The molecule has 21 heavy (non-hydrogen) atoms. The standard InChI is InChI=1S/C19H32O2/c1-7-9-10-11-15(8-2)19(3,4)16-12-17(20-5)14-18(13-16)21-6/h12-15H,7-11H2,1-6H3. The smallest absolute Gasteiger partial charge is 0.122 e. The van der Waals surface area contributed by atoms with Crippen LogP contribution in [0.1, 0.15) is 65.4 Å². The second-order valence-corrected chi connectivity index (χ2v) is 6.42. The number of rotatable bonds is 9. The van der Waals surface area contributed by atoms with Crippen LogP contribution in [-0.4, -0.2) is 14.2 Å². The van der Waals surface area contributed by atoms with E-state index in [2.05, 4.69) is 39.8 Å². The summed E-state index contributed by atoms with van der Waals surface area (Å²) in [5.41, 5.74) is 1.44. The van der Waals surface area contributed by atoms with Crippen LogP contribution in [0.25, 0.3) is 0 Å². The highest BCUT2D eigenvalue weighted by atomic mass is 16.5. The van der Waals surface area contributed by atoms with Crippen molar-refractivity contribution in [1.82, 2.24) is 0 Å². The third-order valence-corrected chi connectivity index (χ3v) is 4.77. The van der Waals surface area contributed by atoms with Crippen molar-refractivity contribution in [2.24, 2.45) is 5.92 Å². The predicted octanol–water partition coefficient (Wildman–Crippen LogP) is 5.59. The van der Waals surface area contributed by atoms with Gasteiger partial charge in [0.1, 0.15) is 11.5 Å². The second kappa shape index (κ2) is 8.31. The lowest BCUT2D eigenvalue weighted by molar-refractivity contribution is 0.279. The van der Waals surface area contributed by atoms with Crippen molar-refractivity contribution in [3.63, 3.8) is 0 Å². The average Bonchev–Trinajstić information content (AvgIpc) is 2.50. The molecule has 0 aliphatic heterocycles. The number of unbranched alkanes of at least 4 members (excludes halogenated alkanes) is 2. The molecule has 1 unspecified atom stereocenters. The van der Waals surface area contributed by atoms with Gasteiger partial charge in [0.15, 0.2) is 0 Å². The topological polar surface area (TPSA) is 18.5 Å². The Morgan fingerprint density at radius 2 is 1.52 bits per heavy atom. The Balaban J connectivity index is 3.02. The summed E-state index contributed by atoms with van der Waals surface area (Å²) in [4.78, 5) is 0. The minimum absolute atomic E-state index is 0.129. The quantitative estimate of drug-likeness (QED) is 0.552. The monoisotopic (exact) mass is 292 g/mol. The molecule has 0 bridgehead atoms. The minimum Gasteiger partial charge on any atom is -0.497 e. The van der Waals surface area contributed by atoms with E-state index in [0.29, 0.717) is 5.92 Å². The number of methoxy groups -OCH3 is 2. The summed E-state index contributed by atoms with van der Waals surface area (Å²) in [7, 11) is 3.42. The molecule has 0 saturated heterocycles. The van der Waals surface area contributed by atoms with E-state index in [1.54, 1.807) is 14.2 Å². The third-order valence-electron chi connectivity index (χ3n) is 4.77. The van der Waals surface area contributed by atoms with E-state index in [0.717, 1.165) is 11.5 Å². The van der Waals surface area contributed by atoms with Crippen molar-refractivity contribution in [1.29, 1.82) is 0 Å². The summed E-state index contributed by atoms with van der Waals surface area (Å²) in [6.45, 7) is 9.26. The Hall–Kier alpha value is -1.18. The molecule has 1 aromatic rings. The fourth-order valence-electron chi connectivity index (χ4n) is 3.13. The molecule has 0 aliphatic carbocycles. The lowest BCUT2D eigenvalue weighted by Crippen LogP contribution is -2.28. The number of ether oxygens (including phenoxy) is 2. The molecular formula is C19H32O2. The van der Waals surface area contributed by atoms with Crippen LogP contribution in [0.3, 0.4) is 0 Å². The van der Waals surface area contributed by atoms with Crippen molar-refractivity contribution in [3.8, 4) is 11.5 Å². The molecule has 2 heteroatoms. The maximum absolute atomic E-state index is 5.42. The highest BCUT2D eigenvalue weighted by Gasteiger charge is 2.30. The Morgan fingerprint density at radius 3 is 1.95 bits per heavy atom. The number of hydrogen-bond acceptors (Lipinski definition) is 2. The summed E-state index contributed by atoms with van der Waals surface area (Å²) < 4.78 is 10.8. The first kappa shape index (κ1) is 17.9. The Bertz CT molecular complexity index is 401. The molecule has 0 heterocycles. The zero-order chi connectivity index (χ0) is 15.9. The van der Waals surface area contributed by atoms with Gasteiger partial charge in [0.2, 0.25) is 0 Å². The first-order valence-electron chi connectivity index (χ1n) is 8.23. The van der Waals surface area contributed by atoms with Crippen LogP contribution >= 0.6 is 0 Å². The first-order valence-corrected chi connectivity index (χ1v) is 8.23. The van der Waals surface area contributed by atoms with E-state index >= 15 is 0 Å². The minimum atomic E-state index is 0.129. The third kappa shape index (κ3) is 4.66. The van der Waals surface area contributed by atoms with Gasteiger partial charge >= 0.3 is 0 Å². The summed E-state index contributed by atoms with van der Waals surface area (Å²) in [6, 6.07) is 6.26. The highest BCUT2D eigenvalue weighted by molar-refractivity contribution is 5.41. The van der Waals surface area contributed by atoms with Crippen LogP contribution in [-0.2, 0) is 5.41 Å². The van der Waals surface area contributed by atoms with E-state index in [1.807, 2.05) is 6.07 Å². The Morgan fingerprint density at radius 1 is 0.952 bits per heavy atom. The lowest BCUT2D eigenvalue weighted by atomic mass is 9.70. The summed E-state index contributed by atoms with van der Waals surface area (Å²) >= 11 is 0. The molecule has 120 valence electrons. The van der Waals surface area contributed by atoms with Gasteiger partial charge in [-0.15, -0.1) is 0 Å². The van der Waals surface area contributed by atoms with Gasteiger partial charge in [0.25, 0.3) is 0 Å². The lowest BCUT2D eigenvalue weighted by Gasteiger charge is -2.35. The second-order valence-electron chi connectivity index (χ2n) is 6.42. The molecule has 1 rings (SSSR count). The van der Waals surface area contributed by atoms with Gasteiger partial charge in [-0.25, -0.2) is 0 Å². The molecule has 0 amide bonds. The molecule has 0 saturated carbocycles. The fourth-order valence-corrected chi connectivity index (χ4v) is 3.13. The van der Waals surface area contributed by atoms with Gasteiger partial charge in [-0.3, -0.25) is 0 Å². The average molecular weight is 292 g/mol. The van der Waals surface area contributed by atoms with Crippen LogP contribution in [0.4, 0.5) is 0 Å². The maximum atomic E-state index is 5.42. The predicted molar refractivity (Wildman–Crippen MR) is 90.5 cm³/mol. The molecule has 0 N–H and O–H groups in total. The molecule has 0 radical (unpaired) electrons. The van der Waals surface area contributed by atoms with E-state index in [9.17, 15) is 0 Å². The summed E-state index contributed by atoms with van der Waals surface area (Å²) in [5, 5.41) is 0. The van der Waals surface area contributed by atoms with Crippen LogP contribution in [0, 0.1) is 5.92 Å². The molecule has 1 aromatic carbocycles. The Kier molecular flexibility index (Phi) is 7.07. The van der Waals surface area contributed by atoms with Crippen molar-refractivity contribution >= 4 is 0 Å². The molecule has 0 aromatic heterocycles. The maximum Gasteiger partial charge on any atom is 0.122 e. The number of hydrogen-bond donors (Lipinski definition) is 0. The van der Waals surface area contributed by atoms with Gasteiger partial charge in [0.05, 0.1) is 14.2 Å². The van der Waals surface area contributed by atoms with Crippen molar-refractivity contribution in [2.75, 3.05) is 14.2 Å². The van der Waals surface area contributed by atoms with Gasteiger partial charge in [0, 0.05) is 6.07 Å². The summed E-state index contributed by atoms with van der Waals surface area (Å²) in [6.07, 6.45) is 6.42. The van der Waals surface area contributed by atoms with E-state index in [1.165, 1.54) is 37.7 Å².